The van der Waals surface area contributed by atoms with Crippen molar-refractivity contribution in [2.45, 2.75) is 35.9 Å². The lowest BCUT2D eigenvalue weighted by molar-refractivity contribution is -0.114. The summed E-state index contributed by atoms with van der Waals surface area (Å²) in [6.45, 7) is 0.675. The third-order valence-electron chi connectivity index (χ3n) is 4.34. The number of rotatable bonds is 4. The molecule has 4 atom stereocenters. The number of nitrogens with one attached hydrogen (secondary N) is 1. The molecular weight excluding hydrogens is 292 g/mol. The van der Waals surface area contributed by atoms with Gasteiger partial charge in [0.15, 0.2) is 0 Å². The van der Waals surface area contributed by atoms with Crippen LogP contribution in [0.5, 0.6) is 5.75 Å². The zero-order chi connectivity index (χ0) is 15.0. The van der Waals surface area contributed by atoms with Gasteiger partial charge in [-0.1, -0.05) is 0 Å². The van der Waals surface area contributed by atoms with E-state index in [2.05, 4.69) is 4.72 Å². The van der Waals surface area contributed by atoms with Crippen LogP contribution in [0.1, 0.15) is 12.8 Å². The molecule has 116 valence electrons. The number of methoxy groups -OCH3 is 1. The van der Waals surface area contributed by atoms with Crippen molar-refractivity contribution in [3.05, 3.63) is 24.3 Å². The molecule has 2 aliphatic rings. The fraction of sp³-hybridized carbons (Fsp3) is 0.571. The molecule has 0 bridgehead atoms. The van der Waals surface area contributed by atoms with E-state index in [1.165, 1.54) is 19.2 Å². The fourth-order valence-electron chi connectivity index (χ4n) is 3.10. The van der Waals surface area contributed by atoms with Crippen LogP contribution < -0.4 is 15.2 Å². The van der Waals surface area contributed by atoms with Crippen LogP contribution in [0, 0.1) is 5.92 Å². The maximum Gasteiger partial charge on any atom is 0.240 e. The number of nitrogens with two attached hydrogens (primary N) is 1. The summed E-state index contributed by atoms with van der Waals surface area (Å²) in [5, 5.41) is 0. The molecule has 1 saturated heterocycles. The van der Waals surface area contributed by atoms with Crippen LogP contribution in [0.25, 0.3) is 0 Å². The molecule has 0 amide bonds. The van der Waals surface area contributed by atoms with E-state index in [9.17, 15) is 8.42 Å². The topological polar surface area (TPSA) is 90.7 Å². The summed E-state index contributed by atoms with van der Waals surface area (Å²) in [7, 11) is -2.06. The highest BCUT2D eigenvalue weighted by atomic mass is 32.2. The van der Waals surface area contributed by atoms with Gasteiger partial charge in [0.1, 0.15) is 5.75 Å². The molecule has 3 rings (SSSR count). The first-order valence-corrected chi connectivity index (χ1v) is 8.55. The molecule has 21 heavy (non-hydrogen) atoms. The van der Waals surface area contributed by atoms with Crippen LogP contribution in [-0.4, -0.2) is 40.3 Å². The Kier molecular flexibility index (Phi) is 3.92. The summed E-state index contributed by atoms with van der Waals surface area (Å²) in [6, 6.07) is 5.75. The van der Waals surface area contributed by atoms with Crippen molar-refractivity contribution in [3.63, 3.8) is 0 Å². The number of hydrogen-bond donors (Lipinski definition) is 2. The number of fused-ring (bicyclic) bond motifs is 1. The average molecular weight is 312 g/mol. The Hall–Kier alpha value is -1.15. The summed E-state index contributed by atoms with van der Waals surface area (Å²) >= 11 is 0. The van der Waals surface area contributed by atoms with E-state index in [1.807, 2.05) is 0 Å². The first-order valence-electron chi connectivity index (χ1n) is 7.06. The van der Waals surface area contributed by atoms with Gasteiger partial charge in [0.2, 0.25) is 10.0 Å². The predicted octanol–water partition coefficient (Wildman–Crippen LogP) is 0.478. The molecule has 3 N–H and O–H groups in total. The second-order valence-electron chi connectivity index (χ2n) is 5.54. The molecule has 1 heterocycles. The van der Waals surface area contributed by atoms with Crippen LogP contribution >= 0.6 is 0 Å². The predicted molar refractivity (Wildman–Crippen MR) is 77.5 cm³/mol. The number of hydrogen-bond acceptors (Lipinski definition) is 5. The van der Waals surface area contributed by atoms with Crippen LogP contribution in [-0.2, 0) is 14.8 Å². The summed E-state index contributed by atoms with van der Waals surface area (Å²) in [6.07, 6.45) is 1.90. The highest BCUT2D eigenvalue weighted by Gasteiger charge is 2.51. The summed E-state index contributed by atoms with van der Waals surface area (Å²) < 4.78 is 38.1. The second kappa shape index (κ2) is 5.57. The van der Waals surface area contributed by atoms with E-state index in [0.717, 1.165) is 12.8 Å². The molecule has 1 aliphatic carbocycles. The highest BCUT2D eigenvalue weighted by molar-refractivity contribution is 7.89. The van der Waals surface area contributed by atoms with E-state index < -0.39 is 10.0 Å². The lowest BCUT2D eigenvalue weighted by Gasteiger charge is -2.52. The van der Waals surface area contributed by atoms with Crippen LogP contribution in [0.4, 0.5) is 0 Å². The Labute approximate surface area is 124 Å². The van der Waals surface area contributed by atoms with Gasteiger partial charge in [-0.3, -0.25) is 0 Å². The van der Waals surface area contributed by atoms with Crippen molar-refractivity contribution >= 4 is 10.0 Å². The zero-order valence-electron chi connectivity index (χ0n) is 11.9. The van der Waals surface area contributed by atoms with Gasteiger partial charge in [-0.25, -0.2) is 13.1 Å². The van der Waals surface area contributed by atoms with E-state index in [0.29, 0.717) is 12.4 Å². The van der Waals surface area contributed by atoms with Crippen LogP contribution in [0.15, 0.2) is 29.2 Å². The maximum atomic E-state index is 12.4. The largest absolute Gasteiger partial charge is 0.497 e. The van der Waals surface area contributed by atoms with E-state index in [4.69, 9.17) is 15.2 Å². The van der Waals surface area contributed by atoms with Gasteiger partial charge in [-0.05, 0) is 37.1 Å². The molecule has 0 aromatic heterocycles. The Morgan fingerprint density at radius 2 is 2.05 bits per heavy atom. The minimum Gasteiger partial charge on any atom is -0.497 e. The van der Waals surface area contributed by atoms with Crippen molar-refractivity contribution < 1.29 is 17.9 Å². The smallest absolute Gasteiger partial charge is 0.240 e. The quantitative estimate of drug-likeness (QED) is 0.844. The Bertz CT molecular complexity index is 602. The molecule has 2 fully saturated rings. The average Bonchev–Trinajstić information content (AvgIpc) is 2.52. The molecular formula is C14H20N2O4S. The molecule has 7 heteroatoms. The molecule has 0 radical (unpaired) electrons. The van der Waals surface area contributed by atoms with Gasteiger partial charge >= 0.3 is 0 Å². The van der Waals surface area contributed by atoms with Gasteiger partial charge < -0.3 is 15.2 Å². The second-order valence-corrected chi connectivity index (χ2v) is 7.26. The molecule has 1 aliphatic heterocycles. The summed E-state index contributed by atoms with van der Waals surface area (Å²) in [5.41, 5.74) is 6.08. The van der Waals surface area contributed by atoms with Crippen LogP contribution in [0.3, 0.4) is 0 Å². The van der Waals surface area contributed by atoms with Gasteiger partial charge in [-0.2, -0.15) is 0 Å². The van der Waals surface area contributed by atoms with Gasteiger partial charge in [-0.15, -0.1) is 0 Å². The molecule has 1 aromatic rings. The van der Waals surface area contributed by atoms with Crippen molar-refractivity contribution in [3.8, 4) is 5.75 Å². The van der Waals surface area contributed by atoms with Crippen LogP contribution in [0.2, 0.25) is 0 Å². The molecule has 4 unspecified atom stereocenters. The van der Waals surface area contributed by atoms with E-state index in [-0.39, 0.29) is 29.0 Å². The van der Waals surface area contributed by atoms with Crippen molar-refractivity contribution in [1.82, 2.24) is 4.72 Å². The summed E-state index contributed by atoms with van der Waals surface area (Å²) in [5.74, 6) is 0.882. The fourth-order valence-corrected chi connectivity index (χ4v) is 4.38. The van der Waals surface area contributed by atoms with Crippen molar-refractivity contribution in [1.29, 1.82) is 0 Å². The normalized spacial score (nSPS) is 32.1. The first-order chi connectivity index (χ1) is 10.0. The lowest BCUT2D eigenvalue weighted by Crippen LogP contribution is -2.71. The molecule has 1 aromatic carbocycles. The number of ether oxygens (including phenoxy) is 2. The monoisotopic (exact) mass is 312 g/mol. The van der Waals surface area contributed by atoms with E-state index >= 15 is 0 Å². The Morgan fingerprint density at radius 3 is 2.71 bits per heavy atom. The standard InChI is InChI=1S/C14H20N2O4S/c1-19-9-4-6-10(7-5-9)21(17,18)16-13-12(15)11-3-2-8-20-14(11)13/h4-7,11-14,16H,2-3,8,15H2,1H3. The van der Waals surface area contributed by atoms with Gasteiger partial charge in [0, 0.05) is 18.6 Å². The lowest BCUT2D eigenvalue weighted by atomic mass is 9.69. The summed E-state index contributed by atoms with van der Waals surface area (Å²) in [4.78, 5) is 0.203. The molecule has 1 saturated carbocycles. The van der Waals surface area contributed by atoms with Crippen molar-refractivity contribution in [2.24, 2.45) is 11.7 Å². The Morgan fingerprint density at radius 1 is 1.33 bits per heavy atom. The molecule has 0 spiro atoms. The Balaban J connectivity index is 1.73. The zero-order valence-corrected chi connectivity index (χ0v) is 12.7. The van der Waals surface area contributed by atoms with E-state index in [1.54, 1.807) is 12.1 Å². The first kappa shape index (κ1) is 14.8. The number of benzene rings is 1. The SMILES string of the molecule is COc1ccc(S(=O)(=O)NC2C(N)C3CCCOC32)cc1. The van der Waals surface area contributed by atoms with Crippen molar-refractivity contribution in [2.75, 3.05) is 13.7 Å². The number of sulfonamides is 1. The minimum atomic E-state index is -3.59. The molecule has 6 nitrogen and oxygen atoms in total. The maximum absolute atomic E-state index is 12.4. The minimum absolute atomic E-state index is 0.0956. The third-order valence-corrected chi connectivity index (χ3v) is 5.81. The highest BCUT2D eigenvalue weighted by Crippen LogP contribution is 2.37. The third kappa shape index (κ3) is 2.66. The van der Waals surface area contributed by atoms with Gasteiger partial charge in [0.25, 0.3) is 0 Å². The van der Waals surface area contributed by atoms with Gasteiger partial charge in [0.05, 0.1) is 24.2 Å².